The lowest BCUT2D eigenvalue weighted by molar-refractivity contribution is -0.167. The summed E-state index contributed by atoms with van der Waals surface area (Å²) in [6.45, 7) is 6.64. The highest BCUT2D eigenvalue weighted by Gasteiger charge is 2.19. The van der Waals surface area contributed by atoms with Crippen molar-refractivity contribution in [1.82, 2.24) is 0 Å². The Balaban J connectivity index is 4.33. The monoisotopic (exact) mass is 927 g/mol. The largest absolute Gasteiger partial charge is 0.462 e. The van der Waals surface area contributed by atoms with Crippen LogP contribution in [0.2, 0.25) is 0 Å². The average Bonchev–Trinajstić information content (AvgIpc) is 3.31. The molecular formula is C60H110O6. The van der Waals surface area contributed by atoms with Crippen LogP contribution < -0.4 is 0 Å². The van der Waals surface area contributed by atoms with Crippen LogP contribution in [-0.4, -0.2) is 37.2 Å². The Labute approximate surface area is 410 Å². The number of hydrogen-bond donors (Lipinski definition) is 0. The topological polar surface area (TPSA) is 78.9 Å². The second-order valence-electron chi connectivity index (χ2n) is 19.6. The third-order valence-electron chi connectivity index (χ3n) is 12.9. The van der Waals surface area contributed by atoms with E-state index in [9.17, 15) is 14.4 Å². The van der Waals surface area contributed by atoms with E-state index in [-0.39, 0.29) is 31.1 Å². The summed E-state index contributed by atoms with van der Waals surface area (Å²) in [6, 6.07) is 0. The van der Waals surface area contributed by atoms with E-state index in [1.54, 1.807) is 0 Å². The Kier molecular flexibility index (Phi) is 53.2. The van der Waals surface area contributed by atoms with E-state index >= 15 is 0 Å². The molecule has 0 aromatic rings. The zero-order valence-electron chi connectivity index (χ0n) is 44.2. The molecule has 0 rings (SSSR count). The number of esters is 3. The van der Waals surface area contributed by atoms with E-state index in [4.69, 9.17) is 14.2 Å². The summed E-state index contributed by atoms with van der Waals surface area (Å²) in [6.07, 6.45) is 65.6. The van der Waals surface area contributed by atoms with E-state index in [0.717, 1.165) is 64.2 Å². The first-order valence-electron chi connectivity index (χ1n) is 29.0. The Bertz CT molecular complexity index is 1110. The molecule has 0 saturated carbocycles. The number of hydrogen-bond acceptors (Lipinski definition) is 6. The maximum Gasteiger partial charge on any atom is 0.306 e. The predicted octanol–water partition coefficient (Wildman–Crippen LogP) is 19.3. The summed E-state index contributed by atoms with van der Waals surface area (Å²) in [5.74, 6) is -0.864. The lowest BCUT2D eigenvalue weighted by Gasteiger charge is -2.18. The van der Waals surface area contributed by atoms with Crippen LogP contribution in [0, 0.1) is 0 Å². The summed E-state index contributed by atoms with van der Waals surface area (Å²) >= 11 is 0. The second kappa shape index (κ2) is 55.2. The summed E-state index contributed by atoms with van der Waals surface area (Å²) < 4.78 is 16.9. The van der Waals surface area contributed by atoms with E-state index in [1.807, 2.05) is 0 Å². The highest BCUT2D eigenvalue weighted by atomic mass is 16.6. The molecule has 0 saturated heterocycles. The van der Waals surface area contributed by atoms with Crippen molar-refractivity contribution in [2.24, 2.45) is 0 Å². The molecule has 386 valence electrons. The normalized spacial score (nSPS) is 12.2. The SMILES string of the molecule is CCCCC/C=C\C/C=C\CCCCCCCCCCCC(=O)O[C@H](COC(=O)CCCCCCCCC/C=C\CCCCCCCC)COC(=O)CCCCCCCCCCCCCC. The van der Waals surface area contributed by atoms with E-state index in [2.05, 4.69) is 57.2 Å². The molecule has 0 unspecified atom stereocenters. The van der Waals surface area contributed by atoms with E-state index in [0.29, 0.717) is 19.3 Å². The summed E-state index contributed by atoms with van der Waals surface area (Å²) in [5, 5.41) is 0. The van der Waals surface area contributed by atoms with Crippen LogP contribution in [-0.2, 0) is 28.6 Å². The van der Waals surface area contributed by atoms with Crippen molar-refractivity contribution >= 4 is 17.9 Å². The number of allylic oxidation sites excluding steroid dienone is 6. The Morgan fingerprint density at radius 2 is 0.545 bits per heavy atom. The first-order chi connectivity index (χ1) is 32.5. The van der Waals surface area contributed by atoms with Crippen molar-refractivity contribution in [2.45, 2.75) is 316 Å². The summed E-state index contributed by atoms with van der Waals surface area (Å²) in [4.78, 5) is 38.1. The zero-order valence-corrected chi connectivity index (χ0v) is 44.2. The van der Waals surface area contributed by atoms with Crippen LogP contribution in [0.15, 0.2) is 36.5 Å². The molecule has 0 heterocycles. The van der Waals surface area contributed by atoms with Crippen LogP contribution in [0.3, 0.4) is 0 Å². The van der Waals surface area contributed by atoms with Crippen molar-refractivity contribution in [3.05, 3.63) is 36.5 Å². The molecule has 6 heteroatoms. The van der Waals surface area contributed by atoms with Crippen LogP contribution in [0.25, 0.3) is 0 Å². The summed E-state index contributed by atoms with van der Waals surface area (Å²) in [7, 11) is 0. The fourth-order valence-corrected chi connectivity index (χ4v) is 8.47. The molecule has 0 aliphatic rings. The van der Waals surface area contributed by atoms with Crippen LogP contribution in [0.4, 0.5) is 0 Å². The van der Waals surface area contributed by atoms with Gasteiger partial charge in [0.05, 0.1) is 0 Å². The Morgan fingerprint density at radius 1 is 0.303 bits per heavy atom. The second-order valence-corrected chi connectivity index (χ2v) is 19.6. The standard InChI is InChI=1S/C60H110O6/c1-4-7-10-13-16-19-22-25-27-29-30-32-34-36-39-42-45-48-51-54-60(63)66-57(55-64-58(61)52-49-46-43-40-37-24-21-18-15-12-9-6-3)56-65-59(62)53-50-47-44-41-38-35-33-31-28-26-23-20-17-14-11-8-5-2/h16,19,25-28,57H,4-15,17-18,20-24,29-56H2,1-3H3/b19-16-,27-25-,28-26-/t57-/m0/s1. The Hall–Kier alpha value is -2.37. The molecule has 0 radical (unpaired) electrons. The van der Waals surface area contributed by atoms with Gasteiger partial charge in [0.15, 0.2) is 6.10 Å². The Morgan fingerprint density at radius 3 is 0.879 bits per heavy atom. The van der Waals surface area contributed by atoms with Gasteiger partial charge in [0.2, 0.25) is 0 Å². The molecule has 6 nitrogen and oxygen atoms in total. The lowest BCUT2D eigenvalue weighted by Crippen LogP contribution is -2.30. The van der Waals surface area contributed by atoms with Crippen molar-refractivity contribution in [1.29, 1.82) is 0 Å². The first kappa shape index (κ1) is 63.6. The quantitative estimate of drug-likeness (QED) is 0.0262. The summed E-state index contributed by atoms with van der Waals surface area (Å²) in [5.41, 5.74) is 0. The smallest absolute Gasteiger partial charge is 0.306 e. The number of carbonyl (C=O) groups excluding carboxylic acids is 3. The molecule has 0 aliphatic heterocycles. The highest BCUT2D eigenvalue weighted by molar-refractivity contribution is 5.71. The van der Waals surface area contributed by atoms with Crippen molar-refractivity contribution in [3.63, 3.8) is 0 Å². The van der Waals surface area contributed by atoms with Gasteiger partial charge < -0.3 is 14.2 Å². The van der Waals surface area contributed by atoms with Gasteiger partial charge in [-0.05, 0) is 77.0 Å². The maximum atomic E-state index is 12.9. The van der Waals surface area contributed by atoms with Gasteiger partial charge in [-0.15, -0.1) is 0 Å². The zero-order chi connectivity index (χ0) is 47.9. The number of carbonyl (C=O) groups is 3. The molecule has 0 aliphatic carbocycles. The molecule has 1 atom stereocenters. The van der Waals surface area contributed by atoms with Gasteiger partial charge in [0, 0.05) is 19.3 Å². The number of unbranched alkanes of at least 4 members (excludes halogenated alkanes) is 36. The van der Waals surface area contributed by atoms with Gasteiger partial charge in [0.1, 0.15) is 13.2 Å². The maximum absolute atomic E-state index is 12.9. The molecule has 0 N–H and O–H groups in total. The fraction of sp³-hybridized carbons (Fsp3) is 0.850. The number of ether oxygens (including phenoxy) is 3. The van der Waals surface area contributed by atoms with Crippen LogP contribution in [0.5, 0.6) is 0 Å². The first-order valence-corrected chi connectivity index (χ1v) is 29.0. The van der Waals surface area contributed by atoms with Crippen LogP contribution in [0.1, 0.15) is 310 Å². The third-order valence-corrected chi connectivity index (χ3v) is 12.9. The van der Waals surface area contributed by atoms with Gasteiger partial charge in [-0.25, -0.2) is 0 Å². The molecule has 0 bridgehead atoms. The molecule has 0 aromatic carbocycles. The molecule has 0 amide bonds. The van der Waals surface area contributed by atoms with Gasteiger partial charge in [0.25, 0.3) is 0 Å². The highest BCUT2D eigenvalue weighted by Crippen LogP contribution is 2.16. The number of rotatable bonds is 53. The molecule has 0 fully saturated rings. The van der Waals surface area contributed by atoms with Gasteiger partial charge in [-0.3, -0.25) is 14.4 Å². The van der Waals surface area contributed by atoms with E-state index < -0.39 is 6.10 Å². The molecule has 66 heavy (non-hydrogen) atoms. The minimum Gasteiger partial charge on any atom is -0.462 e. The van der Waals surface area contributed by atoms with Gasteiger partial charge in [-0.1, -0.05) is 250 Å². The predicted molar refractivity (Wildman–Crippen MR) is 284 cm³/mol. The minimum absolute atomic E-state index is 0.0716. The lowest BCUT2D eigenvalue weighted by atomic mass is 10.0. The van der Waals surface area contributed by atoms with E-state index in [1.165, 1.54) is 205 Å². The third kappa shape index (κ3) is 52.6. The van der Waals surface area contributed by atoms with Crippen molar-refractivity contribution in [2.75, 3.05) is 13.2 Å². The van der Waals surface area contributed by atoms with Crippen molar-refractivity contribution < 1.29 is 28.6 Å². The average molecular weight is 928 g/mol. The molecular weight excluding hydrogens is 817 g/mol. The van der Waals surface area contributed by atoms with Crippen LogP contribution >= 0.6 is 0 Å². The van der Waals surface area contributed by atoms with Gasteiger partial charge in [-0.2, -0.15) is 0 Å². The molecule has 0 spiro atoms. The minimum atomic E-state index is -0.773. The fourth-order valence-electron chi connectivity index (χ4n) is 8.47. The molecule has 0 aromatic heterocycles. The van der Waals surface area contributed by atoms with Gasteiger partial charge >= 0.3 is 17.9 Å². The van der Waals surface area contributed by atoms with Crippen molar-refractivity contribution in [3.8, 4) is 0 Å².